The van der Waals surface area contributed by atoms with E-state index in [4.69, 9.17) is 0 Å². The number of carbonyl (C=O) groups is 4. The van der Waals surface area contributed by atoms with Gasteiger partial charge in [-0.05, 0) is 0 Å². The van der Waals surface area contributed by atoms with Crippen molar-refractivity contribution in [3.05, 3.63) is 5.32 Å². The molecule has 2 fully saturated rings. The standard InChI is InChI=1S/C3H4N2O2.C3H3N2O2.2K/c2*6-2-1-4-3(7)5-2;;/h1H2,(H2,4,5,6,7);1H,(H2,4,5,6,7);;/q;;;+1/p-1. The quantitative estimate of drug-likeness (QED) is 0.303. The van der Waals surface area contributed by atoms with E-state index in [1.54, 1.807) is 0 Å². The zero-order valence-corrected chi connectivity index (χ0v) is 15.1. The molecule has 2 rings (SSSR count). The van der Waals surface area contributed by atoms with Crippen LogP contribution < -0.4 is 67.3 Å². The summed E-state index contributed by atoms with van der Waals surface area (Å²) in [6.07, 6.45) is 0. The minimum Gasteiger partial charge on any atom is 1.00 e. The van der Waals surface area contributed by atoms with Gasteiger partial charge in [0.2, 0.25) is 0 Å². The molecule has 6 amide bonds. The van der Waals surface area contributed by atoms with Gasteiger partial charge >= 0.3 is 133 Å². The Morgan fingerprint density at radius 1 is 1.19 bits per heavy atom. The van der Waals surface area contributed by atoms with Gasteiger partial charge in [0.05, 0.1) is 0 Å². The van der Waals surface area contributed by atoms with Crippen molar-refractivity contribution in [3.8, 4) is 0 Å². The first kappa shape index (κ1) is 17.2. The number of nitrogens with one attached hydrogen (secondary N) is 3. The largest absolute Gasteiger partial charge is 1.00 e. The number of amides is 6. The molecule has 0 radical (unpaired) electrons. The summed E-state index contributed by atoms with van der Waals surface area (Å²) in [6, 6.07) is -0.877. The van der Waals surface area contributed by atoms with Gasteiger partial charge in [-0.25, -0.2) is 0 Å². The molecule has 3 N–H and O–H groups in total. The molecule has 10 heteroatoms. The number of imide groups is 2. The third kappa shape index (κ3) is 6.18. The van der Waals surface area contributed by atoms with Crippen LogP contribution in [0.5, 0.6) is 0 Å². The summed E-state index contributed by atoms with van der Waals surface area (Å²) in [5.41, 5.74) is 0. The molecule has 0 aromatic carbocycles. The molecule has 2 aliphatic rings. The molecule has 0 bridgehead atoms. The first-order valence-corrected chi connectivity index (χ1v) is 5.92. The van der Waals surface area contributed by atoms with Crippen LogP contribution in [-0.2, 0) is 9.59 Å². The fraction of sp³-hybridized carbons (Fsp3) is 0.333. The Morgan fingerprint density at radius 2 is 1.81 bits per heavy atom. The summed E-state index contributed by atoms with van der Waals surface area (Å²) in [4.78, 5) is 40.7. The number of nitrogens with zero attached hydrogens (tertiary/aromatic N) is 1. The molecule has 2 aliphatic heterocycles. The number of rotatable bonds is 0. The topological polar surface area (TPSA) is 118 Å². The van der Waals surface area contributed by atoms with Gasteiger partial charge < -0.3 is 10.6 Å². The Kier molecular flexibility index (Phi) is 8.89. The van der Waals surface area contributed by atoms with Crippen LogP contribution in [0.2, 0.25) is 0 Å². The molecule has 2 saturated heterocycles. The van der Waals surface area contributed by atoms with E-state index in [0.717, 1.165) is 0 Å². The summed E-state index contributed by atoms with van der Waals surface area (Å²) in [7, 11) is 0. The van der Waals surface area contributed by atoms with Gasteiger partial charge in [-0.1, -0.05) is 0 Å². The average molecular weight is 276 g/mol. The monoisotopic (exact) mass is 276 g/mol. The van der Waals surface area contributed by atoms with Gasteiger partial charge in [-0.3, -0.25) is 9.59 Å². The van der Waals surface area contributed by atoms with Crippen molar-refractivity contribution in [2.75, 3.05) is 6.54 Å². The van der Waals surface area contributed by atoms with E-state index in [2.05, 4.69) is 16.0 Å². The summed E-state index contributed by atoms with van der Waals surface area (Å²) in [6.45, 7) is -0.00116. The minimum atomic E-state index is -0.523. The first-order valence-electron chi connectivity index (χ1n) is 4.11. The van der Waals surface area contributed by atoms with E-state index < -0.39 is 6.03 Å². The molecule has 1 unspecified atom stereocenters. The predicted molar refractivity (Wildman–Crippen MR) is 48.0 cm³/mol. The van der Waals surface area contributed by atoms with Crippen molar-refractivity contribution in [2.24, 2.45) is 0 Å². The summed E-state index contributed by atoms with van der Waals surface area (Å²) < 4.78 is -0.171. The van der Waals surface area contributed by atoms with Crippen molar-refractivity contribution >= 4 is 72.8 Å². The fourth-order valence-electron chi connectivity index (χ4n) is 0.860. The van der Waals surface area contributed by atoms with Crippen molar-refractivity contribution in [2.45, 2.75) is 0.136 Å². The molecule has 0 aromatic rings. The zero-order valence-electron chi connectivity index (χ0n) is 8.86. The smallest absolute Gasteiger partial charge is 1.00 e. The van der Waals surface area contributed by atoms with Gasteiger partial charge in [0.15, 0.2) is 6.03 Å². The van der Waals surface area contributed by atoms with E-state index in [-0.39, 0.29) is 75.9 Å². The Morgan fingerprint density at radius 3 is 1.94 bits per heavy atom. The maximum atomic E-state index is 10.4. The molecule has 2 heterocycles. The zero-order chi connectivity index (χ0) is 11.4. The molecule has 0 spiro atoms. The molecule has 8 nitrogen and oxygen atoms in total. The van der Waals surface area contributed by atoms with Crippen LogP contribution in [0.15, 0.2) is 0 Å². The van der Waals surface area contributed by atoms with Crippen molar-refractivity contribution in [3.63, 3.8) is 0 Å². The van der Waals surface area contributed by atoms with Gasteiger partial charge in [0.25, 0.3) is 0 Å². The maximum absolute atomic E-state index is 10.4. The SMILES string of the molecule is O=C1C[N-]C(=O)N1.O=C1NC(=O)[CH]([K])N1.[K+]. The average Bonchev–Trinajstić information content (AvgIpc) is 2.61. The van der Waals surface area contributed by atoms with Crippen molar-refractivity contribution in [1.29, 1.82) is 0 Å². The maximum Gasteiger partial charge on any atom is 1.00 e. The van der Waals surface area contributed by atoms with E-state index in [1.807, 2.05) is 5.32 Å². The van der Waals surface area contributed by atoms with Crippen LogP contribution in [0, 0.1) is 0 Å². The van der Waals surface area contributed by atoms with Crippen molar-refractivity contribution in [1.82, 2.24) is 16.0 Å². The number of urea groups is 2. The molecule has 76 valence electrons. The summed E-state index contributed by atoms with van der Waals surface area (Å²) in [5.74, 6) is -0.486. The molecule has 0 aromatic heterocycles. The van der Waals surface area contributed by atoms with E-state index >= 15 is 0 Å². The van der Waals surface area contributed by atoms with E-state index in [9.17, 15) is 19.2 Å². The van der Waals surface area contributed by atoms with Crippen LogP contribution in [0.4, 0.5) is 9.59 Å². The third-order valence-corrected chi connectivity index (χ3v) is 2.86. The number of carbonyl (C=O) groups excluding carboxylic acids is 4. The second-order valence-electron chi connectivity index (χ2n) is 2.85. The molecule has 16 heavy (non-hydrogen) atoms. The summed E-state index contributed by atoms with van der Waals surface area (Å²) >= 11 is 0.350. The Bertz CT molecular complexity index is 320. The second kappa shape index (κ2) is 8.29. The van der Waals surface area contributed by atoms with E-state index in [1.165, 1.54) is 0 Å². The van der Waals surface area contributed by atoms with Gasteiger partial charge in [-0.2, -0.15) is 0 Å². The van der Waals surface area contributed by atoms with Crippen LogP contribution in [0.3, 0.4) is 0 Å². The van der Waals surface area contributed by atoms with Crippen LogP contribution in [-0.4, -0.2) is 79.5 Å². The van der Waals surface area contributed by atoms with Gasteiger partial charge in [0, 0.05) is 6.54 Å². The molecule has 0 aliphatic carbocycles. The Hall–Kier alpha value is 1.15. The predicted octanol–water partition coefficient (Wildman–Crippen LogP) is -5.07. The van der Waals surface area contributed by atoms with Crippen LogP contribution in [0.25, 0.3) is 5.32 Å². The number of hydrogen-bond donors (Lipinski definition) is 3. The Labute approximate surface area is 167 Å². The fourth-order valence-corrected chi connectivity index (χ4v) is 1.50. The molecule has 0 saturated carbocycles. The molecular weight excluding hydrogens is 270 g/mol. The number of hydrogen-bond acceptors (Lipinski definition) is 4. The van der Waals surface area contributed by atoms with Crippen molar-refractivity contribution < 1.29 is 70.6 Å². The third-order valence-electron chi connectivity index (χ3n) is 1.59. The van der Waals surface area contributed by atoms with Gasteiger partial charge in [-0.15, -0.1) is 0 Å². The van der Waals surface area contributed by atoms with Crippen LogP contribution >= 0.6 is 0 Å². The van der Waals surface area contributed by atoms with Crippen LogP contribution in [0.1, 0.15) is 0 Å². The normalized spacial score (nSPS) is 22.0. The molecular formula is C6H6K2N4O4. The van der Waals surface area contributed by atoms with Gasteiger partial charge in [0.1, 0.15) is 5.91 Å². The minimum absolute atomic E-state index is 0. The first-order chi connectivity index (χ1) is 6.99. The molecule has 1 atom stereocenters. The second-order valence-corrected chi connectivity index (χ2v) is 4.66. The summed E-state index contributed by atoms with van der Waals surface area (Å²) in [5, 5.41) is 9.76. The Balaban J connectivity index is 0.000000267. The van der Waals surface area contributed by atoms with E-state index in [0.29, 0.717) is 49.0 Å².